The fourth-order valence-electron chi connectivity index (χ4n) is 3.91. The molecule has 1 unspecified atom stereocenters. The number of aryl methyl sites for hydroxylation is 1. The van der Waals surface area contributed by atoms with Crippen molar-refractivity contribution in [3.63, 3.8) is 0 Å². The van der Waals surface area contributed by atoms with Crippen molar-refractivity contribution < 1.29 is 19.1 Å². The topological polar surface area (TPSA) is 91.0 Å². The van der Waals surface area contributed by atoms with Crippen molar-refractivity contribution in [2.45, 2.75) is 25.5 Å². The summed E-state index contributed by atoms with van der Waals surface area (Å²) in [5, 5.41) is 5.62. The second-order valence-electron chi connectivity index (χ2n) is 7.62. The largest absolute Gasteiger partial charge is 0.442 e. The maximum Gasteiger partial charge on any atom is 0.414 e. The third-order valence-electron chi connectivity index (χ3n) is 5.57. The van der Waals surface area contributed by atoms with Crippen LogP contribution in [0.15, 0.2) is 30.3 Å². The molecular formula is C21H23ClN4O4S. The summed E-state index contributed by atoms with van der Waals surface area (Å²) in [6.07, 6.45) is -0.0643. The minimum atomic E-state index is -0.445. The Hall–Kier alpha value is -2.78. The van der Waals surface area contributed by atoms with Crippen LogP contribution in [-0.2, 0) is 4.74 Å². The van der Waals surface area contributed by atoms with Gasteiger partial charge >= 0.3 is 12.1 Å². The van der Waals surface area contributed by atoms with Crippen molar-refractivity contribution in [2.75, 3.05) is 31.6 Å². The molecule has 2 N–H and O–H groups in total. The molecule has 2 aliphatic rings. The van der Waals surface area contributed by atoms with Crippen LogP contribution >= 0.6 is 22.9 Å². The first kappa shape index (κ1) is 21.5. The predicted molar refractivity (Wildman–Crippen MR) is 119 cm³/mol. The third kappa shape index (κ3) is 4.47. The predicted octanol–water partition coefficient (Wildman–Crippen LogP) is 3.55. The van der Waals surface area contributed by atoms with E-state index in [1.807, 2.05) is 25.1 Å². The van der Waals surface area contributed by atoms with E-state index in [4.69, 9.17) is 16.3 Å². The van der Waals surface area contributed by atoms with Crippen molar-refractivity contribution in [1.29, 1.82) is 0 Å². The standard InChI is InChI=1S/C21H23ClN4O4S/c1-12-9-13(3-4-15(12)16-7-8-23-20(28)25(16)2)26-11-14(30-21(26)29)10-24-19(27)17-5-6-18(22)31-17/h3-6,9,14,16H,7-8,10-11H2,1-2H3,(H,23,28)(H,24,27)/t14-,16?/m0/s1. The lowest BCUT2D eigenvalue weighted by molar-refractivity contribution is 0.0920. The lowest BCUT2D eigenvalue weighted by Gasteiger charge is -2.34. The molecule has 164 valence electrons. The van der Waals surface area contributed by atoms with Crippen molar-refractivity contribution in [1.82, 2.24) is 15.5 Å². The van der Waals surface area contributed by atoms with Gasteiger partial charge in [-0.15, -0.1) is 11.3 Å². The Morgan fingerprint density at radius 3 is 2.84 bits per heavy atom. The summed E-state index contributed by atoms with van der Waals surface area (Å²) in [5.41, 5.74) is 2.79. The molecule has 10 heteroatoms. The molecule has 2 aliphatic heterocycles. The molecule has 4 rings (SSSR count). The summed E-state index contributed by atoms with van der Waals surface area (Å²) in [6.45, 7) is 3.17. The number of anilines is 1. The van der Waals surface area contributed by atoms with Crippen LogP contribution in [0.4, 0.5) is 15.3 Å². The molecule has 2 atom stereocenters. The van der Waals surface area contributed by atoms with E-state index in [9.17, 15) is 14.4 Å². The van der Waals surface area contributed by atoms with Gasteiger partial charge in [0.2, 0.25) is 0 Å². The van der Waals surface area contributed by atoms with Crippen LogP contribution in [0.25, 0.3) is 0 Å². The summed E-state index contributed by atoms with van der Waals surface area (Å²) in [5.74, 6) is -0.243. The Bertz CT molecular complexity index is 1030. The molecule has 3 heterocycles. The number of amides is 4. The summed E-state index contributed by atoms with van der Waals surface area (Å²) < 4.78 is 5.97. The first-order valence-electron chi connectivity index (χ1n) is 9.96. The van der Waals surface area contributed by atoms with E-state index in [1.54, 1.807) is 29.0 Å². The number of nitrogens with one attached hydrogen (secondary N) is 2. The quantitative estimate of drug-likeness (QED) is 0.710. The van der Waals surface area contributed by atoms with Crippen LogP contribution in [0, 0.1) is 6.92 Å². The number of thiophene rings is 1. The summed E-state index contributed by atoms with van der Waals surface area (Å²) in [6, 6.07) is 9.02. The Kier molecular flexibility index (Phi) is 6.06. The molecule has 0 spiro atoms. The van der Waals surface area contributed by atoms with E-state index in [-0.39, 0.29) is 24.5 Å². The SMILES string of the molecule is Cc1cc(N2C[C@H](CNC(=O)c3ccc(Cl)s3)OC2=O)ccc1C1CCNC(=O)N1C. The van der Waals surface area contributed by atoms with Gasteiger partial charge in [0.05, 0.1) is 28.3 Å². The normalized spacial score (nSPS) is 21.1. The maximum absolute atomic E-state index is 12.4. The van der Waals surface area contributed by atoms with Crippen LogP contribution in [-0.4, -0.2) is 55.7 Å². The monoisotopic (exact) mass is 462 g/mol. The highest BCUT2D eigenvalue weighted by Gasteiger charge is 2.33. The Balaban J connectivity index is 1.40. The van der Waals surface area contributed by atoms with Crippen molar-refractivity contribution in [3.8, 4) is 0 Å². The number of rotatable bonds is 5. The van der Waals surface area contributed by atoms with E-state index in [1.165, 1.54) is 11.3 Å². The minimum Gasteiger partial charge on any atom is -0.442 e. The Morgan fingerprint density at radius 2 is 2.13 bits per heavy atom. The van der Waals surface area contributed by atoms with E-state index in [2.05, 4.69) is 10.6 Å². The summed E-state index contributed by atoms with van der Waals surface area (Å²) in [4.78, 5) is 40.3. The fraction of sp³-hybridized carbons (Fsp3) is 0.381. The zero-order valence-electron chi connectivity index (χ0n) is 17.2. The number of nitrogens with zero attached hydrogens (tertiary/aromatic N) is 2. The average Bonchev–Trinajstić information content (AvgIpc) is 3.34. The van der Waals surface area contributed by atoms with Crippen molar-refractivity contribution in [2.24, 2.45) is 0 Å². The van der Waals surface area contributed by atoms with Gasteiger partial charge in [0.15, 0.2) is 0 Å². The number of hydrogen-bond donors (Lipinski definition) is 2. The van der Waals surface area contributed by atoms with Crippen LogP contribution < -0.4 is 15.5 Å². The van der Waals surface area contributed by atoms with Gasteiger partial charge in [0, 0.05) is 19.3 Å². The van der Waals surface area contributed by atoms with E-state index >= 15 is 0 Å². The molecule has 0 saturated carbocycles. The highest BCUT2D eigenvalue weighted by atomic mass is 35.5. The molecule has 0 radical (unpaired) electrons. The van der Waals surface area contributed by atoms with Crippen LogP contribution in [0.1, 0.15) is 33.3 Å². The third-order valence-corrected chi connectivity index (χ3v) is 6.80. The molecule has 1 aromatic heterocycles. The number of cyclic esters (lactones) is 1. The molecule has 0 bridgehead atoms. The highest BCUT2D eigenvalue weighted by molar-refractivity contribution is 7.18. The van der Waals surface area contributed by atoms with Gasteiger partial charge in [-0.05, 0) is 48.7 Å². The van der Waals surface area contributed by atoms with Gasteiger partial charge in [-0.3, -0.25) is 9.69 Å². The van der Waals surface area contributed by atoms with E-state index < -0.39 is 12.2 Å². The lowest BCUT2D eigenvalue weighted by atomic mass is 9.96. The van der Waals surface area contributed by atoms with Crippen LogP contribution in [0.5, 0.6) is 0 Å². The number of carbonyl (C=O) groups is 3. The number of urea groups is 1. The van der Waals surface area contributed by atoms with Crippen molar-refractivity contribution in [3.05, 3.63) is 50.7 Å². The molecule has 1 aromatic carbocycles. The Labute approximate surface area is 189 Å². The number of ether oxygens (including phenoxy) is 1. The van der Waals surface area contributed by atoms with Gasteiger partial charge in [-0.1, -0.05) is 17.7 Å². The fourth-order valence-corrected chi connectivity index (χ4v) is 4.87. The number of benzene rings is 1. The number of halogens is 1. The maximum atomic E-state index is 12.4. The van der Waals surface area contributed by atoms with Crippen LogP contribution in [0.2, 0.25) is 4.34 Å². The smallest absolute Gasteiger partial charge is 0.414 e. The Morgan fingerprint density at radius 1 is 1.32 bits per heavy atom. The van der Waals surface area contributed by atoms with Gasteiger partial charge in [-0.25, -0.2) is 9.59 Å². The van der Waals surface area contributed by atoms with Gasteiger partial charge in [-0.2, -0.15) is 0 Å². The van der Waals surface area contributed by atoms with Gasteiger partial charge < -0.3 is 20.3 Å². The first-order chi connectivity index (χ1) is 14.8. The second-order valence-corrected chi connectivity index (χ2v) is 9.33. The van der Waals surface area contributed by atoms with Gasteiger partial charge in [0.1, 0.15) is 6.10 Å². The average molecular weight is 463 g/mol. The molecule has 0 aliphatic carbocycles. The number of carbonyl (C=O) groups excluding carboxylic acids is 3. The first-order valence-corrected chi connectivity index (χ1v) is 11.2. The minimum absolute atomic E-state index is 0.00189. The van der Waals surface area contributed by atoms with Crippen molar-refractivity contribution >= 4 is 46.7 Å². The number of hydrogen-bond acceptors (Lipinski definition) is 5. The van der Waals surface area contributed by atoms with E-state index in [0.29, 0.717) is 22.3 Å². The second kappa shape index (κ2) is 8.76. The molecule has 2 fully saturated rings. The summed E-state index contributed by atoms with van der Waals surface area (Å²) in [7, 11) is 1.79. The zero-order chi connectivity index (χ0) is 22.1. The summed E-state index contributed by atoms with van der Waals surface area (Å²) >= 11 is 7.06. The van der Waals surface area contributed by atoms with Crippen LogP contribution in [0.3, 0.4) is 0 Å². The molecule has 8 nitrogen and oxygen atoms in total. The molecule has 4 amide bonds. The van der Waals surface area contributed by atoms with Gasteiger partial charge in [0.25, 0.3) is 5.91 Å². The van der Waals surface area contributed by atoms with E-state index in [0.717, 1.165) is 23.2 Å². The zero-order valence-corrected chi connectivity index (χ0v) is 18.8. The molecule has 31 heavy (non-hydrogen) atoms. The highest BCUT2D eigenvalue weighted by Crippen LogP contribution is 2.31. The molecular weight excluding hydrogens is 440 g/mol. The molecule has 2 saturated heterocycles. The molecule has 2 aromatic rings. The lowest BCUT2D eigenvalue weighted by Crippen LogP contribution is -2.46.